The Labute approximate surface area is 118 Å². The number of carbonyl (C=O) groups is 1. The van der Waals surface area contributed by atoms with E-state index in [1.165, 1.54) is 0 Å². The first-order valence-corrected chi connectivity index (χ1v) is 6.92. The lowest BCUT2D eigenvalue weighted by molar-refractivity contribution is -0.123. The highest BCUT2D eigenvalue weighted by atomic mass is 35.5. The summed E-state index contributed by atoms with van der Waals surface area (Å²) in [6.45, 7) is 3.88. The fourth-order valence-electron chi connectivity index (χ4n) is 2.15. The Balaban J connectivity index is 1.79. The summed E-state index contributed by atoms with van der Waals surface area (Å²) in [7, 11) is 0. The summed E-state index contributed by atoms with van der Waals surface area (Å²) in [6, 6.07) is 5.63. The third-order valence-corrected chi connectivity index (χ3v) is 3.44. The summed E-state index contributed by atoms with van der Waals surface area (Å²) < 4.78 is 5.51. The number of nitrogens with one attached hydrogen (secondary N) is 2. The van der Waals surface area contributed by atoms with Crippen LogP contribution in [0.15, 0.2) is 18.2 Å². The molecule has 1 aliphatic rings. The monoisotopic (exact) mass is 282 g/mol. The topological polar surface area (TPSA) is 50.4 Å². The number of rotatable bonds is 4. The van der Waals surface area contributed by atoms with Gasteiger partial charge in [0.05, 0.1) is 0 Å². The van der Waals surface area contributed by atoms with Gasteiger partial charge in [0.25, 0.3) is 5.91 Å². The molecular formula is C14H19ClN2O2. The van der Waals surface area contributed by atoms with Gasteiger partial charge >= 0.3 is 0 Å². The maximum Gasteiger partial charge on any atom is 0.258 e. The van der Waals surface area contributed by atoms with E-state index in [-0.39, 0.29) is 18.6 Å². The van der Waals surface area contributed by atoms with E-state index >= 15 is 0 Å². The molecule has 1 aromatic carbocycles. The Morgan fingerprint density at radius 3 is 2.89 bits per heavy atom. The molecule has 1 amide bonds. The quantitative estimate of drug-likeness (QED) is 0.887. The zero-order chi connectivity index (χ0) is 13.7. The van der Waals surface area contributed by atoms with Gasteiger partial charge in [-0.15, -0.1) is 0 Å². The molecule has 4 nitrogen and oxygen atoms in total. The lowest BCUT2D eigenvalue weighted by Crippen LogP contribution is -2.44. The molecule has 2 rings (SSSR count). The summed E-state index contributed by atoms with van der Waals surface area (Å²) >= 11 is 5.87. The lowest BCUT2D eigenvalue weighted by Gasteiger charge is -2.23. The molecule has 5 heteroatoms. The van der Waals surface area contributed by atoms with Crippen molar-refractivity contribution in [3.63, 3.8) is 0 Å². The Kier molecular flexibility index (Phi) is 5.05. The van der Waals surface area contributed by atoms with Gasteiger partial charge in [0.1, 0.15) is 5.75 Å². The Bertz CT molecular complexity index is 445. The first-order valence-electron chi connectivity index (χ1n) is 6.54. The van der Waals surface area contributed by atoms with Gasteiger partial charge in [-0.05, 0) is 56.6 Å². The van der Waals surface area contributed by atoms with Crippen LogP contribution in [0.1, 0.15) is 18.4 Å². The molecule has 2 N–H and O–H groups in total. The number of piperidine rings is 1. The number of benzene rings is 1. The van der Waals surface area contributed by atoms with Crippen molar-refractivity contribution in [1.82, 2.24) is 10.6 Å². The maximum absolute atomic E-state index is 11.8. The summed E-state index contributed by atoms with van der Waals surface area (Å²) in [6.07, 6.45) is 1.96. The van der Waals surface area contributed by atoms with Gasteiger partial charge in [-0.25, -0.2) is 0 Å². The van der Waals surface area contributed by atoms with E-state index in [0.717, 1.165) is 31.5 Å². The second-order valence-corrected chi connectivity index (χ2v) is 5.23. The molecule has 1 aromatic rings. The third-order valence-electron chi connectivity index (χ3n) is 3.20. The molecule has 1 fully saturated rings. The smallest absolute Gasteiger partial charge is 0.258 e. The van der Waals surface area contributed by atoms with Crippen molar-refractivity contribution in [1.29, 1.82) is 0 Å². The van der Waals surface area contributed by atoms with Crippen LogP contribution in [-0.2, 0) is 4.79 Å². The number of amides is 1. The number of hydrogen-bond donors (Lipinski definition) is 2. The van der Waals surface area contributed by atoms with Gasteiger partial charge in [-0.3, -0.25) is 4.79 Å². The fourth-order valence-corrected chi connectivity index (χ4v) is 2.38. The lowest BCUT2D eigenvalue weighted by atomic mass is 10.1. The third kappa shape index (κ3) is 4.40. The molecule has 0 radical (unpaired) electrons. The van der Waals surface area contributed by atoms with E-state index < -0.39 is 0 Å². The SMILES string of the molecule is Cc1cc(Cl)ccc1OCC(=O)NC1CCNCC1. The highest BCUT2D eigenvalue weighted by Gasteiger charge is 2.15. The fraction of sp³-hybridized carbons (Fsp3) is 0.500. The maximum atomic E-state index is 11.8. The molecule has 0 atom stereocenters. The van der Waals surface area contributed by atoms with Crippen LogP contribution in [0.25, 0.3) is 0 Å². The van der Waals surface area contributed by atoms with Gasteiger partial charge in [-0.1, -0.05) is 11.6 Å². The molecule has 1 aliphatic heterocycles. The van der Waals surface area contributed by atoms with Crippen molar-refractivity contribution in [2.45, 2.75) is 25.8 Å². The van der Waals surface area contributed by atoms with Crippen LogP contribution in [0.4, 0.5) is 0 Å². The zero-order valence-electron chi connectivity index (χ0n) is 11.0. The molecule has 104 valence electrons. The minimum atomic E-state index is -0.0683. The molecular weight excluding hydrogens is 264 g/mol. The first-order chi connectivity index (χ1) is 9.15. The van der Waals surface area contributed by atoms with E-state index in [1.54, 1.807) is 12.1 Å². The number of carbonyl (C=O) groups excluding carboxylic acids is 1. The van der Waals surface area contributed by atoms with Gasteiger partial charge in [0.2, 0.25) is 0 Å². The van der Waals surface area contributed by atoms with Crippen LogP contribution in [0.3, 0.4) is 0 Å². The molecule has 19 heavy (non-hydrogen) atoms. The van der Waals surface area contributed by atoms with Crippen LogP contribution in [-0.4, -0.2) is 31.6 Å². The number of aryl methyl sites for hydroxylation is 1. The second-order valence-electron chi connectivity index (χ2n) is 4.79. The second kappa shape index (κ2) is 6.78. The summed E-state index contributed by atoms with van der Waals surface area (Å²) in [5.41, 5.74) is 0.933. The highest BCUT2D eigenvalue weighted by Crippen LogP contribution is 2.21. The molecule has 0 saturated carbocycles. The zero-order valence-corrected chi connectivity index (χ0v) is 11.8. The van der Waals surface area contributed by atoms with Crippen LogP contribution >= 0.6 is 11.6 Å². The average molecular weight is 283 g/mol. The Hall–Kier alpha value is -1.26. The molecule has 0 unspecified atom stereocenters. The summed E-state index contributed by atoms with van der Waals surface area (Å²) in [5.74, 6) is 0.631. The van der Waals surface area contributed by atoms with Gasteiger partial charge < -0.3 is 15.4 Å². The van der Waals surface area contributed by atoms with E-state index in [9.17, 15) is 4.79 Å². The normalized spacial score (nSPS) is 16.1. The van der Waals surface area contributed by atoms with Crippen molar-refractivity contribution in [3.05, 3.63) is 28.8 Å². The van der Waals surface area contributed by atoms with Gasteiger partial charge in [-0.2, -0.15) is 0 Å². The van der Waals surface area contributed by atoms with Crippen molar-refractivity contribution in [3.8, 4) is 5.75 Å². The van der Waals surface area contributed by atoms with E-state index in [0.29, 0.717) is 10.8 Å². The number of hydrogen-bond acceptors (Lipinski definition) is 3. The minimum absolute atomic E-state index is 0.0480. The molecule has 1 heterocycles. The Morgan fingerprint density at radius 2 is 2.21 bits per heavy atom. The largest absolute Gasteiger partial charge is 0.484 e. The van der Waals surface area contributed by atoms with E-state index in [1.807, 2.05) is 13.0 Å². The average Bonchev–Trinajstić information content (AvgIpc) is 2.39. The molecule has 1 saturated heterocycles. The molecule has 0 aliphatic carbocycles. The predicted molar refractivity (Wildman–Crippen MR) is 75.7 cm³/mol. The molecule has 0 spiro atoms. The molecule has 0 bridgehead atoms. The van der Waals surface area contributed by atoms with Crippen LogP contribution < -0.4 is 15.4 Å². The first kappa shape index (κ1) is 14.2. The minimum Gasteiger partial charge on any atom is -0.484 e. The van der Waals surface area contributed by atoms with Gasteiger partial charge in [0.15, 0.2) is 6.61 Å². The summed E-state index contributed by atoms with van der Waals surface area (Å²) in [4.78, 5) is 11.8. The van der Waals surface area contributed by atoms with E-state index in [4.69, 9.17) is 16.3 Å². The van der Waals surface area contributed by atoms with Gasteiger partial charge in [0, 0.05) is 11.1 Å². The van der Waals surface area contributed by atoms with Crippen molar-refractivity contribution < 1.29 is 9.53 Å². The van der Waals surface area contributed by atoms with Crippen molar-refractivity contribution in [2.24, 2.45) is 0 Å². The van der Waals surface area contributed by atoms with Crippen molar-refractivity contribution in [2.75, 3.05) is 19.7 Å². The summed E-state index contributed by atoms with van der Waals surface area (Å²) in [5, 5.41) is 6.92. The van der Waals surface area contributed by atoms with Crippen LogP contribution in [0, 0.1) is 6.92 Å². The highest BCUT2D eigenvalue weighted by molar-refractivity contribution is 6.30. The van der Waals surface area contributed by atoms with Crippen molar-refractivity contribution >= 4 is 17.5 Å². The van der Waals surface area contributed by atoms with E-state index in [2.05, 4.69) is 10.6 Å². The van der Waals surface area contributed by atoms with Crippen LogP contribution in [0.2, 0.25) is 5.02 Å². The number of halogens is 1. The Morgan fingerprint density at radius 1 is 1.47 bits per heavy atom. The van der Waals surface area contributed by atoms with Crippen LogP contribution in [0.5, 0.6) is 5.75 Å². The number of ether oxygens (including phenoxy) is 1. The molecule has 0 aromatic heterocycles. The predicted octanol–water partition coefficient (Wildman–Crippen LogP) is 1.90. The standard InChI is InChI=1S/C14H19ClN2O2/c1-10-8-11(15)2-3-13(10)19-9-14(18)17-12-4-6-16-7-5-12/h2-3,8,12,16H,4-7,9H2,1H3,(H,17,18).